The average Bonchev–Trinajstić information content (AvgIpc) is 2.78. The van der Waals surface area contributed by atoms with Gasteiger partial charge in [0.2, 0.25) is 0 Å². The monoisotopic (exact) mass is 257 g/mol. The number of nitrogens with one attached hydrogen (secondary N) is 2. The lowest BCUT2D eigenvalue weighted by atomic mass is 10.2. The first kappa shape index (κ1) is 13.2. The lowest BCUT2D eigenvalue weighted by Gasteiger charge is -2.20. The molecule has 0 radical (unpaired) electrons. The highest BCUT2D eigenvalue weighted by atomic mass is 16.5. The Morgan fingerprint density at radius 1 is 1.37 bits per heavy atom. The minimum atomic E-state index is 0.524. The van der Waals surface area contributed by atoms with Crippen molar-refractivity contribution in [2.45, 2.75) is 13.5 Å². The third kappa shape index (κ3) is 2.96. The number of benzene rings is 1. The third-order valence-electron chi connectivity index (χ3n) is 2.98. The molecular weight excluding hydrogens is 238 g/mol. The van der Waals surface area contributed by atoms with Crippen molar-refractivity contribution in [2.75, 3.05) is 13.7 Å². The summed E-state index contributed by atoms with van der Waals surface area (Å²) in [5.74, 6) is 0.872. The van der Waals surface area contributed by atoms with Crippen molar-refractivity contribution in [2.24, 2.45) is 0 Å². The van der Waals surface area contributed by atoms with Crippen LogP contribution in [-0.4, -0.2) is 24.3 Å². The molecule has 4 heteroatoms. The highest BCUT2D eigenvalue weighted by Gasteiger charge is 2.18. The van der Waals surface area contributed by atoms with Crippen molar-refractivity contribution in [3.05, 3.63) is 54.0 Å². The van der Waals surface area contributed by atoms with E-state index in [2.05, 4.69) is 5.32 Å². The van der Waals surface area contributed by atoms with E-state index in [9.17, 15) is 0 Å². The molecule has 0 amide bonds. The number of ether oxygens (including phenoxy) is 1. The summed E-state index contributed by atoms with van der Waals surface area (Å²) < 4.78 is 5.36. The predicted molar refractivity (Wildman–Crippen MR) is 77.2 cm³/mol. The SMILES string of the molecule is CCN/C=C1/C(=N)C=CN1Cc1ccccc1OC. The number of hydrogen-bond donors (Lipinski definition) is 2. The van der Waals surface area contributed by atoms with Gasteiger partial charge in [-0.1, -0.05) is 18.2 Å². The van der Waals surface area contributed by atoms with E-state index in [1.807, 2.05) is 48.5 Å². The molecule has 0 aromatic heterocycles. The van der Waals surface area contributed by atoms with Crippen LogP contribution in [0.3, 0.4) is 0 Å². The number of allylic oxidation sites excluding steroid dienone is 1. The van der Waals surface area contributed by atoms with Gasteiger partial charge in [0.25, 0.3) is 0 Å². The van der Waals surface area contributed by atoms with E-state index in [1.165, 1.54) is 0 Å². The normalized spacial score (nSPS) is 16.2. The molecule has 0 saturated heterocycles. The smallest absolute Gasteiger partial charge is 0.123 e. The number of rotatable bonds is 5. The zero-order chi connectivity index (χ0) is 13.7. The van der Waals surface area contributed by atoms with E-state index < -0.39 is 0 Å². The minimum absolute atomic E-state index is 0.524. The maximum atomic E-state index is 7.91. The van der Waals surface area contributed by atoms with Gasteiger partial charge in [0.15, 0.2) is 0 Å². The molecule has 4 nitrogen and oxygen atoms in total. The fourth-order valence-electron chi connectivity index (χ4n) is 2.00. The maximum absolute atomic E-state index is 7.91. The maximum Gasteiger partial charge on any atom is 0.123 e. The van der Waals surface area contributed by atoms with Crippen molar-refractivity contribution in [1.29, 1.82) is 5.41 Å². The molecule has 0 fully saturated rings. The van der Waals surface area contributed by atoms with E-state index in [1.54, 1.807) is 13.2 Å². The van der Waals surface area contributed by atoms with Crippen LogP contribution in [-0.2, 0) is 6.54 Å². The second-order valence-electron chi connectivity index (χ2n) is 4.26. The molecule has 0 unspecified atom stereocenters. The molecule has 19 heavy (non-hydrogen) atoms. The summed E-state index contributed by atoms with van der Waals surface area (Å²) in [6.45, 7) is 3.58. The van der Waals surface area contributed by atoms with Crippen molar-refractivity contribution in [3.8, 4) is 5.75 Å². The molecule has 0 spiro atoms. The van der Waals surface area contributed by atoms with Gasteiger partial charge in [0, 0.05) is 24.5 Å². The lowest BCUT2D eigenvalue weighted by molar-refractivity contribution is 0.397. The fourth-order valence-corrected chi connectivity index (χ4v) is 2.00. The molecule has 1 heterocycles. The van der Waals surface area contributed by atoms with Crippen molar-refractivity contribution < 1.29 is 4.74 Å². The summed E-state index contributed by atoms with van der Waals surface area (Å²) >= 11 is 0. The largest absolute Gasteiger partial charge is 0.496 e. The summed E-state index contributed by atoms with van der Waals surface area (Å²) in [5, 5.41) is 11.1. The number of methoxy groups -OCH3 is 1. The topological polar surface area (TPSA) is 48.4 Å². The van der Waals surface area contributed by atoms with Crippen LogP contribution < -0.4 is 10.1 Å². The van der Waals surface area contributed by atoms with Crippen LogP contribution >= 0.6 is 0 Å². The molecule has 100 valence electrons. The number of para-hydroxylation sites is 1. The Bertz CT molecular complexity index is 520. The second-order valence-corrected chi connectivity index (χ2v) is 4.26. The van der Waals surface area contributed by atoms with Gasteiger partial charge in [-0.15, -0.1) is 0 Å². The van der Waals surface area contributed by atoms with Crippen LogP contribution in [0.2, 0.25) is 0 Å². The molecular formula is C15H19N3O. The molecule has 2 N–H and O–H groups in total. The van der Waals surface area contributed by atoms with Crippen LogP contribution in [0.15, 0.2) is 48.4 Å². The summed E-state index contributed by atoms with van der Waals surface area (Å²) in [4.78, 5) is 2.04. The van der Waals surface area contributed by atoms with Gasteiger partial charge < -0.3 is 15.0 Å². The molecule has 1 aromatic carbocycles. The van der Waals surface area contributed by atoms with Gasteiger partial charge in [0.05, 0.1) is 25.1 Å². The van der Waals surface area contributed by atoms with E-state index in [0.717, 1.165) is 23.6 Å². The van der Waals surface area contributed by atoms with E-state index >= 15 is 0 Å². The highest BCUT2D eigenvalue weighted by molar-refractivity contribution is 6.07. The van der Waals surface area contributed by atoms with Crippen LogP contribution in [0.25, 0.3) is 0 Å². The molecule has 0 saturated carbocycles. The summed E-state index contributed by atoms with van der Waals surface area (Å²) in [7, 11) is 1.68. The zero-order valence-electron chi connectivity index (χ0n) is 11.3. The highest BCUT2D eigenvalue weighted by Crippen LogP contribution is 2.24. The number of nitrogens with zero attached hydrogens (tertiary/aromatic N) is 1. The summed E-state index contributed by atoms with van der Waals surface area (Å²) in [6.07, 6.45) is 5.62. The Morgan fingerprint density at radius 3 is 2.89 bits per heavy atom. The standard InChI is InChI=1S/C15H19N3O/c1-3-17-10-14-13(16)8-9-18(14)11-12-6-4-5-7-15(12)19-2/h4-10,16-17H,3,11H2,1-2H3/b14-10-,16-13?. The third-order valence-corrected chi connectivity index (χ3v) is 2.98. The Kier molecular flexibility index (Phi) is 4.23. The van der Waals surface area contributed by atoms with Crippen molar-refractivity contribution in [1.82, 2.24) is 10.2 Å². The Morgan fingerprint density at radius 2 is 2.16 bits per heavy atom. The van der Waals surface area contributed by atoms with Gasteiger partial charge in [-0.3, -0.25) is 5.41 Å². The van der Waals surface area contributed by atoms with Crippen LogP contribution in [0.5, 0.6) is 5.75 Å². The van der Waals surface area contributed by atoms with E-state index in [4.69, 9.17) is 10.1 Å². The molecule has 1 aliphatic rings. The Hall–Kier alpha value is -2.23. The summed E-state index contributed by atoms with van der Waals surface area (Å²) in [6, 6.07) is 7.95. The molecule has 0 aliphatic carbocycles. The predicted octanol–water partition coefficient (Wildman–Crippen LogP) is 2.50. The van der Waals surface area contributed by atoms with E-state index in [0.29, 0.717) is 12.3 Å². The zero-order valence-corrected chi connectivity index (χ0v) is 11.3. The van der Waals surface area contributed by atoms with Gasteiger partial charge >= 0.3 is 0 Å². The number of hydrogen-bond acceptors (Lipinski definition) is 4. The fraction of sp³-hybridized carbons (Fsp3) is 0.267. The first-order chi connectivity index (χ1) is 9.26. The van der Waals surface area contributed by atoms with Gasteiger partial charge in [-0.25, -0.2) is 0 Å². The lowest BCUT2D eigenvalue weighted by Crippen LogP contribution is -2.19. The van der Waals surface area contributed by atoms with Gasteiger partial charge in [0.1, 0.15) is 5.75 Å². The van der Waals surface area contributed by atoms with Crippen LogP contribution in [0.1, 0.15) is 12.5 Å². The van der Waals surface area contributed by atoms with Crippen molar-refractivity contribution >= 4 is 5.71 Å². The van der Waals surface area contributed by atoms with Crippen molar-refractivity contribution in [3.63, 3.8) is 0 Å². The molecule has 1 aromatic rings. The van der Waals surface area contributed by atoms with Crippen LogP contribution in [0.4, 0.5) is 0 Å². The molecule has 0 bridgehead atoms. The summed E-state index contributed by atoms with van der Waals surface area (Å²) in [5.41, 5.74) is 2.51. The van der Waals surface area contributed by atoms with Crippen LogP contribution in [0, 0.1) is 5.41 Å². The molecule has 2 rings (SSSR count). The molecule has 0 atom stereocenters. The minimum Gasteiger partial charge on any atom is -0.496 e. The average molecular weight is 257 g/mol. The van der Waals surface area contributed by atoms with Gasteiger partial charge in [-0.2, -0.15) is 0 Å². The van der Waals surface area contributed by atoms with Gasteiger partial charge in [-0.05, 0) is 19.1 Å². The quantitative estimate of drug-likeness (QED) is 0.852. The first-order valence-electron chi connectivity index (χ1n) is 6.35. The Labute approximate surface area is 113 Å². The van der Waals surface area contributed by atoms with E-state index in [-0.39, 0.29) is 0 Å². The first-order valence-corrected chi connectivity index (χ1v) is 6.35. The molecule has 1 aliphatic heterocycles. The second kappa shape index (κ2) is 6.09. The Balaban J connectivity index is 2.18.